The maximum absolute atomic E-state index is 11.3. The number of carbonyl (C=O) groups excluding carboxylic acids is 1. The molecule has 0 aliphatic carbocycles. The van der Waals surface area contributed by atoms with Crippen molar-refractivity contribution in [3.05, 3.63) is 48.5 Å². The third-order valence-electron chi connectivity index (χ3n) is 2.71. The topological polar surface area (TPSA) is 70.1 Å². The predicted octanol–water partition coefficient (Wildman–Crippen LogP) is 0.915. The highest BCUT2D eigenvalue weighted by atomic mass is 16.5. The van der Waals surface area contributed by atoms with E-state index < -0.39 is 12.0 Å². The van der Waals surface area contributed by atoms with Gasteiger partial charge in [-0.15, -0.1) is 0 Å². The van der Waals surface area contributed by atoms with Gasteiger partial charge in [0.1, 0.15) is 6.04 Å². The number of nitrogens with zero attached hydrogens (tertiary/aromatic N) is 2. The lowest BCUT2D eigenvalue weighted by Gasteiger charge is -2.12. The summed E-state index contributed by atoms with van der Waals surface area (Å²) in [5, 5.41) is 0. The zero-order valence-corrected chi connectivity index (χ0v) is 10.1. The van der Waals surface area contributed by atoms with Gasteiger partial charge in [-0.25, -0.2) is 0 Å². The van der Waals surface area contributed by atoms with Crippen molar-refractivity contribution in [3.8, 4) is 5.69 Å². The van der Waals surface area contributed by atoms with E-state index in [2.05, 4.69) is 9.72 Å². The molecule has 5 heteroatoms. The molecule has 0 saturated carbocycles. The minimum absolute atomic E-state index is 0.405. The lowest BCUT2D eigenvalue weighted by molar-refractivity contribution is -0.142. The van der Waals surface area contributed by atoms with Crippen LogP contribution in [0, 0.1) is 0 Å². The van der Waals surface area contributed by atoms with Crippen molar-refractivity contribution in [2.45, 2.75) is 12.5 Å². The van der Waals surface area contributed by atoms with Crippen molar-refractivity contribution in [1.82, 2.24) is 9.55 Å². The number of hydrogen-bond acceptors (Lipinski definition) is 4. The smallest absolute Gasteiger partial charge is 0.323 e. The van der Waals surface area contributed by atoms with E-state index in [4.69, 9.17) is 5.73 Å². The van der Waals surface area contributed by atoms with Crippen molar-refractivity contribution in [1.29, 1.82) is 0 Å². The molecule has 0 bridgehead atoms. The molecule has 0 aliphatic rings. The molecule has 0 aromatic carbocycles. The maximum atomic E-state index is 11.3. The second-order valence-electron chi connectivity index (χ2n) is 3.91. The molecule has 5 nitrogen and oxygen atoms in total. The monoisotopic (exact) mass is 245 g/mol. The molecule has 2 rings (SSSR count). The Morgan fingerprint density at radius 2 is 2.17 bits per heavy atom. The van der Waals surface area contributed by atoms with Crippen LogP contribution in [0.3, 0.4) is 0 Å². The Morgan fingerprint density at radius 3 is 2.83 bits per heavy atom. The van der Waals surface area contributed by atoms with Gasteiger partial charge >= 0.3 is 5.97 Å². The number of nitrogens with two attached hydrogens (primary N) is 1. The molecule has 2 heterocycles. The molecule has 0 saturated heterocycles. The van der Waals surface area contributed by atoms with E-state index in [1.165, 1.54) is 7.11 Å². The predicted molar refractivity (Wildman–Crippen MR) is 67.3 cm³/mol. The van der Waals surface area contributed by atoms with Crippen molar-refractivity contribution in [2.75, 3.05) is 7.11 Å². The van der Waals surface area contributed by atoms with Gasteiger partial charge in [0.15, 0.2) is 0 Å². The minimum Gasteiger partial charge on any atom is -0.468 e. The average molecular weight is 245 g/mol. The van der Waals surface area contributed by atoms with Crippen LogP contribution in [0.4, 0.5) is 0 Å². The number of rotatable bonds is 4. The molecule has 0 radical (unpaired) electrons. The van der Waals surface area contributed by atoms with Crippen molar-refractivity contribution >= 4 is 5.97 Å². The molecule has 2 aromatic rings. The van der Waals surface area contributed by atoms with Crippen molar-refractivity contribution < 1.29 is 9.53 Å². The summed E-state index contributed by atoms with van der Waals surface area (Å²) < 4.78 is 6.60. The zero-order chi connectivity index (χ0) is 13.0. The number of esters is 1. The molecular formula is C13H15N3O2. The zero-order valence-electron chi connectivity index (χ0n) is 10.1. The summed E-state index contributed by atoms with van der Waals surface area (Å²) in [5.41, 5.74) is 7.71. The third kappa shape index (κ3) is 2.57. The molecule has 0 fully saturated rings. The minimum atomic E-state index is -0.648. The average Bonchev–Trinajstić information content (AvgIpc) is 2.86. The molecule has 0 aliphatic heterocycles. The molecule has 1 atom stereocenters. The molecule has 2 aromatic heterocycles. The molecule has 1 unspecified atom stereocenters. The Kier molecular flexibility index (Phi) is 3.74. The van der Waals surface area contributed by atoms with Crippen LogP contribution in [0.25, 0.3) is 5.69 Å². The lowest BCUT2D eigenvalue weighted by Crippen LogP contribution is -2.34. The maximum Gasteiger partial charge on any atom is 0.323 e. The van der Waals surface area contributed by atoms with Gasteiger partial charge in [0, 0.05) is 36.4 Å². The fraction of sp³-hybridized carbons (Fsp3) is 0.231. The molecule has 2 N–H and O–H groups in total. The number of hydrogen-bond donors (Lipinski definition) is 1. The Labute approximate surface area is 105 Å². The first-order valence-corrected chi connectivity index (χ1v) is 5.62. The van der Waals surface area contributed by atoms with Gasteiger partial charge < -0.3 is 15.0 Å². The van der Waals surface area contributed by atoms with E-state index >= 15 is 0 Å². The second kappa shape index (κ2) is 5.46. The quantitative estimate of drug-likeness (QED) is 0.813. The second-order valence-corrected chi connectivity index (χ2v) is 3.91. The van der Waals surface area contributed by atoms with Crippen LogP contribution in [0.1, 0.15) is 5.69 Å². The summed E-state index contributed by atoms with van der Waals surface area (Å²) in [7, 11) is 1.34. The van der Waals surface area contributed by atoms with Gasteiger partial charge in [0.25, 0.3) is 0 Å². The first-order valence-electron chi connectivity index (χ1n) is 5.62. The van der Waals surface area contributed by atoms with Crippen LogP contribution >= 0.6 is 0 Å². The van der Waals surface area contributed by atoms with Crippen LogP contribution in [0.15, 0.2) is 42.9 Å². The number of pyridine rings is 1. The number of ether oxygens (including phenoxy) is 1. The van der Waals surface area contributed by atoms with E-state index in [0.29, 0.717) is 6.42 Å². The molecule has 0 amide bonds. The highest BCUT2D eigenvalue weighted by Gasteiger charge is 2.16. The molecule has 94 valence electrons. The summed E-state index contributed by atoms with van der Waals surface area (Å²) in [6.45, 7) is 0. The normalized spacial score (nSPS) is 12.1. The molecular weight excluding hydrogens is 230 g/mol. The fourth-order valence-electron chi connectivity index (χ4n) is 1.80. The van der Waals surface area contributed by atoms with Crippen LogP contribution in [0.2, 0.25) is 0 Å². The van der Waals surface area contributed by atoms with Gasteiger partial charge in [-0.2, -0.15) is 0 Å². The van der Waals surface area contributed by atoms with E-state index in [0.717, 1.165) is 11.4 Å². The van der Waals surface area contributed by atoms with Crippen molar-refractivity contribution in [3.63, 3.8) is 0 Å². The van der Waals surface area contributed by atoms with E-state index in [1.54, 1.807) is 12.4 Å². The van der Waals surface area contributed by atoms with Crippen LogP contribution in [0.5, 0.6) is 0 Å². The summed E-state index contributed by atoms with van der Waals surface area (Å²) in [5.74, 6) is -0.405. The van der Waals surface area contributed by atoms with Gasteiger partial charge in [-0.3, -0.25) is 9.78 Å². The number of aromatic nitrogens is 2. The highest BCUT2D eigenvalue weighted by Crippen LogP contribution is 2.13. The van der Waals surface area contributed by atoms with Gasteiger partial charge in [-0.05, 0) is 24.3 Å². The lowest BCUT2D eigenvalue weighted by atomic mass is 10.1. The summed E-state index contributed by atoms with van der Waals surface area (Å²) in [4.78, 5) is 15.3. The van der Waals surface area contributed by atoms with Crippen molar-refractivity contribution in [2.24, 2.45) is 5.73 Å². The summed E-state index contributed by atoms with van der Waals surface area (Å²) in [6, 6.07) is 6.99. The van der Waals surface area contributed by atoms with Crippen LogP contribution in [-0.2, 0) is 16.0 Å². The van der Waals surface area contributed by atoms with Gasteiger partial charge in [0.05, 0.1) is 7.11 Å². The third-order valence-corrected chi connectivity index (χ3v) is 2.71. The number of carbonyl (C=O) groups is 1. The molecule has 18 heavy (non-hydrogen) atoms. The number of methoxy groups -OCH3 is 1. The van der Waals surface area contributed by atoms with E-state index in [1.807, 2.05) is 35.0 Å². The Bertz CT molecular complexity index is 522. The summed E-state index contributed by atoms with van der Waals surface area (Å²) >= 11 is 0. The van der Waals surface area contributed by atoms with Crippen LogP contribution in [-0.4, -0.2) is 28.7 Å². The van der Waals surface area contributed by atoms with Gasteiger partial charge in [0.2, 0.25) is 0 Å². The Hall–Kier alpha value is -2.14. The largest absolute Gasteiger partial charge is 0.468 e. The SMILES string of the molecule is COC(=O)C(N)Cc1cccn1-c1ccncc1. The Morgan fingerprint density at radius 1 is 1.44 bits per heavy atom. The first-order chi connectivity index (χ1) is 8.72. The fourth-order valence-corrected chi connectivity index (χ4v) is 1.80. The molecule has 0 spiro atoms. The standard InChI is InChI=1S/C13H15N3O2/c1-18-13(17)12(14)9-11-3-2-8-16(11)10-4-6-15-7-5-10/h2-8,12H,9,14H2,1H3. The van der Waals surface area contributed by atoms with Crippen LogP contribution < -0.4 is 5.73 Å². The highest BCUT2D eigenvalue weighted by molar-refractivity contribution is 5.75. The van der Waals surface area contributed by atoms with E-state index in [9.17, 15) is 4.79 Å². The first kappa shape index (κ1) is 12.3. The summed E-state index contributed by atoms with van der Waals surface area (Å²) in [6.07, 6.45) is 5.80. The van der Waals surface area contributed by atoms with Gasteiger partial charge in [-0.1, -0.05) is 0 Å². The van der Waals surface area contributed by atoms with E-state index in [-0.39, 0.29) is 0 Å². The Balaban J connectivity index is 2.21.